The highest BCUT2D eigenvalue weighted by molar-refractivity contribution is 4.96. The molecule has 0 N–H and O–H groups in total. The van der Waals surface area contributed by atoms with E-state index in [2.05, 4.69) is 10.1 Å². The summed E-state index contributed by atoms with van der Waals surface area (Å²) in [5.74, 6) is 1.01. The van der Waals surface area contributed by atoms with Crippen molar-refractivity contribution >= 4 is 0 Å². The fraction of sp³-hybridized carbons (Fsp3) is 0.222. The van der Waals surface area contributed by atoms with Gasteiger partial charge in [-0.05, 0) is 6.07 Å². The third-order valence-corrected chi connectivity index (χ3v) is 1.78. The number of pyridine rings is 1. The molecule has 72 valence electrons. The van der Waals surface area contributed by atoms with Crippen LogP contribution >= 0.6 is 0 Å². The van der Waals surface area contributed by atoms with Crippen LogP contribution in [0.15, 0.2) is 33.7 Å². The lowest BCUT2D eigenvalue weighted by atomic mass is 10.4. The monoisotopic (exact) mass is 191 g/mol. The number of aryl methyl sites for hydroxylation is 1. The minimum absolute atomic E-state index is 0.0741. The molecule has 0 aromatic carbocycles. The van der Waals surface area contributed by atoms with Gasteiger partial charge in [0.15, 0.2) is 5.82 Å². The van der Waals surface area contributed by atoms with E-state index in [0.717, 1.165) is 0 Å². The van der Waals surface area contributed by atoms with E-state index >= 15 is 0 Å². The summed E-state index contributed by atoms with van der Waals surface area (Å²) >= 11 is 0. The number of rotatable bonds is 2. The van der Waals surface area contributed by atoms with Gasteiger partial charge in [0.1, 0.15) is 0 Å². The van der Waals surface area contributed by atoms with Crippen LogP contribution in [0, 0.1) is 6.92 Å². The lowest BCUT2D eigenvalue weighted by molar-refractivity contribution is 0.386. The Morgan fingerprint density at radius 2 is 2.36 bits per heavy atom. The molecule has 0 spiro atoms. The Morgan fingerprint density at radius 1 is 1.50 bits per heavy atom. The molecule has 0 atom stereocenters. The standard InChI is InChI=1S/C9H9N3O2/c1-7-10-8(11-14-7)6-12-5-3-2-4-9(12)13/h2-5H,6H2,1H3. The van der Waals surface area contributed by atoms with E-state index in [0.29, 0.717) is 18.3 Å². The van der Waals surface area contributed by atoms with Crippen molar-refractivity contribution in [1.29, 1.82) is 0 Å². The lowest BCUT2D eigenvalue weighted by Gasteiger charge is -1.98. The maximum atomic E-state index is 11.3. The molecular formula is C9H9N3O2. The molecule has 0 saturated carbocycles. The largest absolute Gasteiger partial charge is 0.340 e. The van der Waals surface area contributed by atoms with E-state index in [4.69, 9.17) is 4.52 Å². The van der Waals surface area contributed by atoms with Crippen LogP contribution in [0.25, 0.3) is 0 Å². The molecule has 0 saturated heterocycles. The zero-order chi connectivity index (χ0) is 9.97. The fourth-order valence-corrected chi connectivity index (χ4v) is 1.15. The van der Waals surface area contributed by atoms with E-state index in [9.17, 15) is 4.79 Å². The summed E-state index contributed by atoms with van der Waals surface area (Å²) in [6.45, 7) is 2.06. The molecule has 2 rings (SSSR count). The maximum absolute atomic E-state index is 11.3. The Bertz CT molecular complexity index is 487. The topological polar surface area (TPSA) is 60.9 Å². The smallest absolute Gasteiger partial charge is 0.250 e. The van der Waals surface area contributed by atoms with Crippen molar-refractivity contribution in [2.24, 2.45) is 0 Å². The van der Waals surface area contributed by atoms with Gasteiger partial charge < -0.3 is 9.09 Å². The molecule has 2 aromatic rings. The molecule has 5 heteroatoms. The second-order valence-corrected chi connectivity index (χ2v) is 2.90. The van der Waals surface area contributed by atoms with Crippen molar-refractivity contribution < 1.29 is 4.52 Å². The first-order chi connectivity index (χ1) is 6.75. The van der Waals surface area contributed by atoms with Gasteiger partial charge in [-0.3, -0.25) is 4.79 Å². The molecule has 0 aliphatic rings. The molecule has 14 heavy (non-hydrogen) atoms. The summed E-state index contributed by atoms with van der Waals surface area (Å²) in [6.07, 6.45) is 1.69. The highest BCUT2D eigenvalue weighted by Gasteiger charge is 2.03. The predicted molar refractivity (Wildman–Crippen MR) is 48.8 cm³/mol. The molecule has 2 aromatic heterocycles. The minimum Gasteiger partial charge on any atom is -0.340 e. The van der Waals surface area contributed by atoms with Gasteiger partial charge >= 0.3 is 0 Å². The number of aromatic nitrogens is 3. The van der Waals surface area contributed by atoms with Gasteiger partial charge in [0.05, 0.1) is 6.54 Å². The molecule has 0 amide bonds. The Labute approximate surface area is 80.0 Å². The van der Waals surface area contributed by atoms with E-state index in [1.54, 1.807) is 25.3 Å². The molecule has 0 unspecified atom stereocenters. The second kappa shape index (κ2) is 3.45. The normalized spacial score (nSPS) is 10.4. The predicted octanol–water partition coefficient (Wildman–Crippen LogP) is 0.588. The average Bonchev–Trinajstić information content (AvgIpc) is 2.56. The molecule has 0 aliphatic heterocycles. The maximum Gasteiger partial charge on any atom is 0.250 e. The number of hydrogen-bond donors (Lipinski definition) is 0. The Morgan fingerprint density at radius 3 is 3.00 bits per heavy atom. The quantitative estimate of drug-likeness (QED) is 0.696. The van der Waals surface area contributed by atoms with Gasteiger partial charge in [-0.15, -0.1) is 0 Å². The highest BCUT2D eigenvalue weighted by Crippen LogP contribution is 1.96. The Kier molecular flexibility index (Phi) is 2.14. The molecule has 0 bridgehead atoms. The van der Waals surface area contributed by atoms with E-state index in [1.807, 2.05) is 0 Å². The molecule has 0 aliphatic carbocycles. The van der Waals surface area contributed by atoms with Crippen molar-refractivity contribution in [2.75, 3.05) is 0 Å². The highest BCUT2D eigenvalue weighted by atomic mass is 16.5. The van der Waals surface area contributed by atoms with Crippen LogP contribution in [0.3, 0.4) is 0 Å². The van der Waals surface area contributed by atoms with E-state index in [-0.39, 0.29) is 5.56 Å². The van der Waals surface area contributed by atoms with Crippen LogP contribution in [0.5, 0.6) is 0 Å². The molecule has 0 fully saturated rings. The van der Waals surface area contributed by atoms with Gasteiger partial charge in [-0.2, -0.15) is 4.98 Å². The van der Waals surface area contributed by atoms with Gasteiger partial charge in [0.25, 0.3) is 5.56 Å². The SMILES string of the molecule is Cc1nc(Cn2ccccc2=O)no1. The van der Waals surface area contributed by atoms with Crippen molar-refractivity contribution in [2.45, 2.75) is 13.5 Å². The first-order valence-electron chi connectivity index (χ1n) is 4.20. The number of hydrogen-bond acceptors (Lipinski definition) is 4. The zero-order valence-electron chi connectivity index (χ0n) is 7.67. The van der Waals surface area contributed by atoms with Crippen LogP contribution in [-0.2, 0) is 6.54 Å². The minimum atomic E-state index is -0.0741. The van der Waals surface area contributed by atoms with Crippen molar-refractivity contribution in [3.05, 3.63) is 46.5 Å². The summed E-state index contributed by atoms with van der Waals surface area (Å²) in [5.41, 5.74) is -0.0741. The second-order valence-electron chi connectivity index (χ2n) is 2.90. The van der Waals surface area contributed by atoms with E-state index < -0.39 is 0 Å². The summed E-state index contributed by atoms with van der Waals surface area (Å²) in [7, 11) is 0. The van der Waals surface area contributed by atoms with Crippen molar-refractivity contribution in [1.82, 2.24) is 14.7 Å². The Hall–Kier alpha value is -1.91. The average molecular weight is 191 g/mol. The fourth-order valence-electron chi connectivity index (χ4n) is 1.15. The van der Waals surface area contributed by atoms with Gasteiger partial charge in [-0.1, -0.05) is 11.2 Å². The van der Waals surface area contributed by atoms with E-state index in [1.165, 1.54) is 10.6 Å². The summed E-state index contributed by atoms with van der Waals surface area (Å²) < 4.78 is 6.32. The summed E-state index contributed by atoms with van der Waals surface area (Å²) in [4.78, 5) is 15.3. The van der Waals surface area contributed by atoms with Crippen molar-refractivity contribution in [3.8, 4) is 0 Å². The Balaban J connectivity index is 2.27. The molecule has 5 nitrogen and oxygen atoms in total. The molecule has 0 radical (unpaired) electrons. The first-order valence-corrected chi connectivity index (χ1v) is 4.20. The summed E-state index contributed by atoms with van der Waals surface area (Å²) in [6, 6.07) is 4.97. The first kappa shape index (κ1) is 8.68. The molecular weight excluding hydrogens is 182 g/mol. The lowest BCUT2D eigenvalue weighted by Crippen LogP contribution is -2.18. The van der Waals surface area contributed by atoms with Crippen molar-refractivity contribution in [3.63, 3.8) is 0 Å². The van der Waals surface area contributed by atoms with Gasteiger partial charge in [0, 0.05) is 19.2 Å². The number of nitrogens with zero attached hydrogens (tertiary/aromatic N) is 3. The van der Waals surface area contributed by atoms with Crippen LogP contribution in [0.4, 0.5) is 0 Å². The van der Waals surface area contributed by atoms with Crippen LogP contribution in [-0.4, -0.2) is 14.7 Å². The summed E-state index contributed by atoms with van der Waals surface area (Å²) in [5, 5.41) is 3.71. The van der Waals surface area contributed by atoms with Gasteiger partial charge in [0.2, 0.25) is 5.89 Å². The molecule has 2 heterocycles. The van der Waals surface area contributed by atoms with Crippen LogP contribution in [0.2, 0.25) is 0 Å². The third-order valence-electron chi connectivity index (χ3n) is 1.78. The third kappa shape index (κ3) is 1.71. The van der Waals surface area contributed by atoms with Crippen LogP contribution < -0.4 is 5.56 Å². The van der Waals surface area contributed by atoms with Crippen LogP contribution in [0.1, 0.15) is 11.7 Å². The van der Waals surface area contributed by atoms with Gasteiger partial charge in [-0.25, -0.2) is 0 Å². The zero-order valence-corrected chi connectivity index (χ0v) is 7.67.